The monoisotopic (exact) mass is 1700 g/mol. The Labute approximate surface area is 762 Å². The smallest absolute Gasteiger partial charge is 0.216 e. The molecule has 0 radical (unpaired) electrons. The first-order valence-corrected chi connectivity index (χ1v) is 46.9. The number of aryl methyl sites for hydroxylation is 10. The molecule has 20 aromatic rings. The van der Waals surface area contributed by atoms with E-state index in [1.807, 2.05) is 12.3 Å². The van der Waals surface area contributed by atoms with E-state index in [-0.39, 0.29) is 21.7 Å². The molecule has 0 amide bonds. The van der Waals surface area contributed by atoms with Crippen LogP contribution < -0.4 is 13.7 Å². The average Bonchev–Trinajstić information content (AvgIpc) is 1.52. The molecular weight excluding hydrogens is 1590 g/mol. The van der Waals surface area contributed by atoms with Gasteiger partial charge in [-0.05, 0) is 256 Å². The van der Waals surface area contributed by atoms with E-state index in [0.717, 1.165) is 68.8 Å². The van der Waals surface area contributed by atoms with Crippen molar-refractivity contribution in [1.29, 1.82) is 0 Å². The Hall–Kier alpha value is -13.6. The number of hydrogen-bond donors (Lipinski definition) is 0. The van der Waals surface area contributed by atoms with Crippen LogP contribution >= 0.6 is 0 Å². The Balaban J connectivity index is 0.000000102. The van der Waals surface area contributed by atoms with Crippen molar-refractivity contribution in [2.24, 2.45) is 33.0 Å². The van der Waals surface area contributed by atoms with Crippen molar-refractivity contribution in [2.75, 3.05) is 0 Å². The predicted molar refractivity (Wildman–Crippen MR) is 536 cm³/mol. The third kappa shape index (κ3) is 12.5. The minimum Gasteiger partial charge on any atom is -0.455 e. The van der Waals surface area contributed by atoms with Gasteiger partial charge in [0.15, 0.2) is 18.6 Å². The summed E-state index contributed by atoms with van der Waals surface area (Å²) in [7, 11) is 6.33. The minimum atomic E-state index is -0.0682. The number of hydrogen-bond acceptors (Lipinski definition) is 5. The number of fused-ring (bicyclic) bond motifs is 30. The molecule has 25 rings (SSSR count). The number of aromatic nitrogens is 4. The molecule has 642 valence electrons. The van der Waals surface area contributed by atoms with Crippen molar-refractivity contribution in [3.8, 4) is 89.5 Å². The number of pyridine rings is 4. The van der Waals surface area contributed by atoms with Gasteiger partial charge in [0.1, 0.15) is 65.8 Å². The zero-order valence-corrected chi connectivity index (χ0v) is 78.3. The highest BCUT2D eigenvalue weighted by atomic mass is 16.3. The average molecular weight is 1700 g/mol. The quantitative estimate of drug-likeness (QED) is 0.142. The van der Waals surface area contributed by atoms with Crippen LogP contribution in [0.3, 0.4) is 0 Å². The Morgan fingerprint density at radius 1 is 0.315 bits per heavy atom. The second-order valence-corrected chi connectivity index (χ2v) is 40.3. The molecule has 1 spiro atoms. The first-order chi connectivity index (χ1) is 62.7. The summed E-state index contributed by atoms with van der Waals surface area (Å²) in [6, 6.07) is 91.1. The lowest BCUT2D eigenvalue weighted by Crippen LogP contribution is -2.30. The van der Waals surface area contributed by atoms with Gasteiger partial charge in [-0.15, -0.1) is 0 Å². The summed E-state index contributed by atoms with van der Waals surface area (Å²) in [5, 5.41) is 9.95. The van der Waals surface area contributed by atoms with Crippen LogP contribution in [0.4, 0.5) is 0 Å². The van der Waals surface area contributed by atoms with E-state index in [0.29, 0.717) is 11.8 Å². The lowest BCUT2D eigenvalue weighted by molar-refractivity contribution is -0.660. The summed E-state index contributed by atoms with van der Waals surface area (Å²) >= 11 is 0. The summed E-state index contributed by atoms with van der Waals surface area (Å²) in [6.45, 7) is 33.9. The Morgan fingerprint density at radius 3 is 1.21 bits per heavy atom. The largest absolute Gasteiger partial charge is 0.455 e. The summed E-state index contributed by atoms with van der Waals surface area (Å²) in [6.07, 6.45) is 15.6. The van der Waals surface area contributed by atoms with Gasteiger partial charge in [0.05, 0.1) is 22.4 Å². The van der Waals surface area contributed by atoms with Crippen LogP contribution in [0.25, 0.3) is 177 Å². The first kappa shape index (κ1) is 82.1. The molecule has 1 fully saturated rings. The molecule has 8 heteroatoms. The highest BCUT2D eigenvalue weighted by Crippen LogP contribution is 2.63. The highest BCUT2D eigenvalue weighted by molar-refractivity contribution is 6.20. The van der Waals surface area contributed by atoms with Crippen LogP contribution in [-0.4, -0.2) is 4.98 Å². The van der Waals surface area contributed by atoms with Crippen LogP contribution in [0.15, 0.2) is 291 Å². The molecule has 0 atom stereocenters. The molecule has 0 saturated heterocycles. The molecule has 1 saturated carbocycles. The molecule has 8 aromatic heterocycles. The number of benzene rings is 12. The van der Waals surface area contributed by atoms with Crippen molar-refractivity contribution >= 4 is 87.8 Å². The van der Waals surface area contributed by atoms with Gasteiger partial charge in [0, 0.05) is 113 Å². The normalized spacial score (nSPS) is 14.7. The fraction of sp³-hybridized carbons (Fsp3) is 0.246. The molecular formula is C122H113N4O4+3. The number of furan rings is 4. The van der Waals surface area contributed by atoms with Gasteiger partial charge >= 0.3 is 0 Å². The number of para-hydroxylation sites is 1. The van der Waals surface area contributed by atoms with Gasteiger partial charge in [-0.1, -0.05) is 238 Å². The van der Waals surface area contributed by atoms with E-state index in [4.69, 9.17) is 17.7 Å². The Kier molecular flexibility index (Phi) is 19.3. The minimum absolute atomic E-state index is 0.0137. The molecule has 0 N–H and O–H groups in total. The van der Waals surface area contributed by atoms with E-state index < -0.39 is 0 Å². The summed E-state index contributed by atoms with van der Waals surface area (Å²) in [4.78, 5) is 4.68. The molecule has 12 aromatic carbocycles. The molecule has 0 bridgehead atoms. The van der Waals surface area contributed by atoms with Crippen LogP contribution in [0, 0.1) is 60.3 Å². The summed E-state index contributed by atoms with van der Waals surface area (Å²) in [5.74, 6) is 1.15. The molecule has 0 unspecified atom stereocenters. The molecule has 5 aliphatic carbocycles. The third-order valence-corrected chi connectivity index (χ3v) is 30.0. The van der Waals surface area contributed by atoms with Crippen LogP contribution in [0.5, 0.6) is 0 Å². The lowest BCUT2D eigenvalue weighted by atomic mass is 9.67. The van der Waals surface area contributed by atoms with E-state index in [1.165, 1.54) is 231 Å². The summed E-state index contributed by atoms with van der Waals surface area (Å²) < 4.78 is 33.2. The third-order valence-electron chi connectivity index (χ3n) is 30.0. The maximum Gasteiger partial charge on any atom is 0.216 e. The van der Waals surface area contributed by atoms with Gasteiger partial charge in [-0.3, -0.25) is 4.98 Å². The Morgan fingerprint density at radius 2 is 0.700 bits per heavy atom. The molecule has 5 aliphatic rings. The van der Waals surface area contributed by atoms with E-state index >= 15 is 0 Å². The predicted octanol–water partition coefficient (Wildman–Crippen LogP) is 30.9. The Bertz CT molecular complexity index is 8130. The number of nitrogens with zero attached hydrogens (tertiary/aromatic N) is 4. The van der Waals surface area contributed by atoms with Crippen molar-refractivity contribution in [2.45, 2.75) is 164 Å². The second-order valence-electron chi connectivity index (χ2n) is 40.3. The van der Waals surface area contributed by atoms with E-state index in [1.54, 1.807) is 0 Å². The fourth-order valence-corrected chi connectivity index (χ4v) is 24.4. The number of rotatable bonds is 8. The van der Waals surface area contributed by atoms with Crippen molar-refractivity contribution in [3.63, 3.8) is 0 Å². The summed E-state index contributed by atoms with van der Waals surface area (Å²) in [5.41, 5.74) is 48.1. The van der Waals surface area contributed by atoms with Crippen LogP contribution in [0.1, 0.15) is 177 Å². The standard InChI is InChI=1S/C33H33NO.C31H28NO.2C29H26NO/c1-20(2)18-33(19-21(3)4)27-12-7-6-9-23(27)24-13-14-29-30(31(24)33)26-11-8-10-25(32(26)35-29)28-17-22(5)15-16-34-28;1-19-14-17-32(3)25(18-19)27-20(2)10-11-23-28-26(33-30(23)27)13-12-22-21-8-4-5-9-24(21)31(29(22)28)15-6-7-16-31;1-17-14-15-30(5)23(16-17)25-18(2)10-11-21-26-24(31-28(21)25)13-12-20-19-8-6-7-9-22(19)29(3,4)27(20)26;1-17-14-15-30(5)23(16-17)25-18(2)10-11-20-27-24(31-28(20)25)13-12-22-26(27)19-8-6-7-9-21(19)29(22,3)4/h6-17,20-21H,18-19H2,1-5H3;4-5,8-14,17-18H,6-7,15-16H2,1-3H3;2*6-16H,1-5H3/q;3*+1. The van der Waals surface area contributed by atoms with Crippen molar-refractivity contribution < 1.29 is 31.4 Å². The molecule has 8 heterocycles. The van der Waals surface area contributed by atoms with Gasteiger partial charge in [-0.25, -0.2) is 13.7 Å². The molecule has 8 nitrogen and oxygen atoms in total. The highest BCUT2D eigenvalue weighted by Gasteiger charge is 2.49. The topological polar surface area (TPSA) is 77.1 Å². The van der Waals surface area contributed by atoms with E-state index in [2.05, 4.69) is 405 Å². The molecule has 0 aliphatic heterocycles. The maximum absolute atomic E-state index is 6.73. The van der Waals surface area contributed by atoms with Crippen molar-refractivity contribution in [3.05, 3.63) is 357 Å². The van der Waals surface area contributed by atoms with Gasteiger partial charge in [0.2, 0.25) is 17.1 Å². The van der Waals surface area contributed by atoms with Crippen LogP contribution in [-0.2, 0) is 42.8 Å². The maximum atomic E-state index is 6.73. The SMILES string of the molecule is Cc1cc[n+](C)c(-c2c(C)ccc3c2oc2ccc4c(c23)-c2ccccc2C4(C)C)c1.Cc1cc[n+](C)c(-c2c(C)ccc3c2oc2ccc4c(c23)C(C)(C)c2ccccc2-4)c1.Cc1cc[n+](C)c(-c2c(C)ccc3c2oc2ccc4c(c23)C2(CCCC2)c2ccccc2-4)c1.Cc1ccnc(-c2cccc3c2oc2ccc4c(c23)C(CC(C)C)(CC(C)C)c2ccccc2-4)c1. The van der Waals surface area contributed by atoms with Gasteiger partial charge in [0.25, 0.3) is 0 Å². The first-order valence-electron chi connectivity index (χ1n) is 46.9. The fourth-order valence-electron chi connectivity index (χ4n) is 24.4. The van der Waals surface area contributed by atoms with Gasteiger partial charge < -0.3 is 17.7 Å². The second kappa shape index (κ2) is 30.6. The van der Waals surface area contributed by atoms with Crippen molar-refractivity contribution in [1.82, 2.24) is 4.98 Å². The zero-order valence-electron chi connectivity index (χ0n) is 78.3. The van der Waals surface area contributed by atoms with E-state index in [9.17, 15) is 0 Å². The molecule has 130 heavy (non-hydrogen) atoms. The zero-order chi connectivity index (χ0) is 89.6. The lowest BCUT2D eigenvalue weighted by Gasteiger charge is -2.36. The van der Waals surface area contributed by atoms with Crippen LogP contribution in [0.2, 0.25) is 0 Å². The van der Waals surface area contributed by atoms with Gasteiger partial charge in [-0.2, -0.15) is 0 Å².